The molecule has 0 saturated carbocycles. The van der Waals surface area contributed by atoms with E-state index < -0.39 is 0 Å². The van der Waals surface area contributed by atoms with Gasteiger partial charge in [0.05, 0.1) is 12.6 Å². The van der Waals surface area contributed by atoms with Crippen LogP contribution in [0.2, 0.25) is 0 Å². The number of aromatic nitrogens is 2. The van der Waals surface area contributed by atoms with E-state index in [4.69, 9.17) is 4.74 Å². The van der Waals surface area contributed by atoms with Crippen molar-refractivity contribution in [2.75, 3.05) is 0 Å². The lowest BCUT2D eigenvalue weighted by Gasteiger charge is -2.22. The second-order valence-electron chi connectivity index (χ2n) is 7.25. The van der Waals surface area contributed by atoms with Crippen LogP contribution in [0.4, 0.5) is 0 Å². The molecule has 3 nitrogen and oxygen atoms in total. The molecule has 0 saturated heterocycles. The minimum Gasteiger partial charge on any atom is -0.456 e. The quantitative estimate of drug-likeness (QED) is 0.269. The van der Waals surface area contributed by atoms with Gasteiger partial charge >= 0.3 is 0 Å². The zero-order valence-corrected chi connectivity index (χ0v) is 15.2. The largest absolute Gasteiger partial charge is 0.456 e. The van der Waals surface area contributed by atoms with E-state index in [2.05, 4.69) is 66.0 Å². The summed E-state index contributed by atoms with van der Waals surface area (Å²) >= 11 is 0. The molecule has 0 amide bonds. The Kier molecular flexibility index (Phi) is 2.74. The van der Waals surface area contributed by atoms with E-state index >= 15 is 0 Å². The van der Waals surface area contributed by atoms with Gasteiger partial charge in [-0.05, 0) is 69.3 Å². The number of benzene rings is 4. The zero-order chi connectivity index (χ0) is 18.1. The van der Waals surface area contributed by atoms with Crippen LogP contribution in [0.3, 0.4) is 0 Å². The lowest BCUT2D eigenvalue weighted by atomic mass is 9.91. The van der Waals surface area contributed by atoms with Gasteiger partial charge in [0, 0.05) is 0 Å². The van der Waals surface area contributed by atoms with Gasteiger partial charge in [0.2, 0.25) is 0 Å². The van der Waals surface area contributed by atoms with E-state index in [9.17, 15) is 0 Å². The molecule has 5 aromatic rings. The first-order valence-corrected chi connectivity index (χ1v) is 9.12. The molecule has 0 atom stereocenters. The molecule has 2 heterocycles. The van der Waals surface area contributed by atoms with E-state index in [1.165, 1.54) is 32.8 Å². The Morgan fingerprint density at radius 1 is 0.852 bits per heavy atom. The number of fused-ring (bicyclic) bond motifs is 4. The van der Waals surface area contributed by atoms with Crippen molar-refractivity contribution < 1.29 is 9.30 Å². The van der Waals surface area contributed by atoms with E-state index in [0.29, 0.717) is 0 Å². The Hall–Kier alpha value is -3.46. The number of hydrogen-bond donors (Lipinski definition) is 0. The van der Waals surface area contributed by atoms with Gasteiger partial charge in [-0.3, -0.25) is 0 Å². The summed E-state index contributed by atoms with van der Waals surface area (Å²) in [6.45, 7) is 2.19. The van der Waals surface area contributed by atoms with Crippen LogP contribution in [0.5, 0.6) is 11.5 Å². The van der Waals surface area contributed by atoms with E-state index in [1.807, 2.05) is 24.5 Å². The lowest BCUT2D eigenvalue weighted by molar-refractivity contribution is -0.662. The Bertz CT molecular complexity index is 1420. The highest BCUT2D eigenvalue weighted by Crippen LogP contribution is 2.48. The molecular weight excluding hydrogens is 332 g/mol. The van der Waals surface area contributed by atoms with Gasteiger partial charge in [-0.15, -0.1) is 0 Å². The topological polar surface area (TPSA) is 26.0 Å². The highest BCUT2D eigenvalue weighted by atomic mass is 16.5. The number of hydrogen-bond acceptors (Lipinski definition) is 2. The normalized spacial score (nSPS) is 12.4. The Balaban J connectivity index is 1.80. The van der Waals surface area contributed by atoms with Gasteiger partial charge in [-0.2, -0.15) is 0 Å². The minimum absolute atomic E-state index is 0.873. The second-order valence-corrected chi connectivity index (χ2v) is 7.25. The maximum atomic E-state index is 6.35. The van der Waals surface area contributed by atoms with Crippen molar-refractivity contribution in [2.24, 2.45) is 7.05 Å². The molecule has 0 fully saturated rings. The predicted octanol–water partition coefficient (Wildman–Crippen LogP) is 5.45. The molecule has 0 N–H and O–H groups in total. The van der Waals surface area contributed by atoms with Crippen LogP contribution in [-0.2, 0) is 7.05 Å². The molecule has 3 heteroatoms. The van der Waals surface area contributed by atoms with Gasteiger partial charge in [0.25, 0.3) is 6.33 Å². The average molecular weight is 349 g/mol. The van der Waals surface area contributed by atoms with Crippen LogP contribution >= 0.6 is 0 Å². The first-order valence-electron chi connectivity index (χ1n) is 9.12. The van der Waals surface area contributed by atoms with Crippen molar-refractivity contribution in [3.05, 3.63) is 72.6 Å². The van der Waals surface area contributed by atoms with Crippen molar-refractivity contribution in [1.29, 1.82) is 0 Å². The minimum atomic E-state index is 0.873. The molecule has 1 aliphatic rings. The summed E-state index contributed by atoms with van der Waals surface area (Å²) in [6, 6.07) is 21.3. The Morgan fingerprint density at radius 2 is 1.67 bits per heavy atom. The Labute approximate surface area is 156 Å². The molecule has 6 rings (SSSR count). The predicted molar refractivity (Wildman–Crippen MR) is 108 cm³/mol. The molecule has 0 bridgehead atoms. The number of ether oxygens (including phenoxy) is 1. The third-order valence-corrected chi connectivity index (χ3v) is 5.65. The first kappa shape index (κ1) is 14.7. The molecule has 0 spiro atoms. The maximum Gasteiger partial charge on any atom is 0.287 e. The number of aryl methyl sites for hydroxylation is 2. The SMILES string of the molecule is Cc1c2c(cc3cc4ccccc4cc13)Oc1cccc3nc[n+](C)c-2c13. The van der Waals surface area contributed by atoms with Crippen molar-refractivity contribution >= 4 is 32.4 Å². The first-order chi connectivity index (χ1) is 13.2. The molecule has 128 valence electrons. The van der Waals surface area contributed by atoms with Crippen LogP contribution in [0.25, 0.3) is 43.7 Å². The van der Waals surface area contributed by atoms with Crippen molar-refractivity contribution in [1.82, 2.24) is 4.98 Å². The maximum absolute atomic E-state index is 6.35. The van der Waals surface area contributed by atoms with Gasteiger partial charge in [-0.1, -0.05) is 30.3 Å². The highest BCUT2D eigenvalue weighted by molar-refractivity contribution is 6.07. The van der Waals surface area contributed by atoms with Crippen molar-refractivity contribution in [2.45, 2.75) is 6.92 Å². The van der Waals surface area contributed by atoms with Crippen LogP contribution in [-0.4, -0.2) is 4.98 Å². The summed E-state index contributed by atoms with van der Waals surface area (Å²) in [6.07, 6.45) is 1.89. The summed E-state index contributed by atoms with van der Waals surface area (Å²) in [4.78, 5) is 4.57. The average Bonchev–Trinajstić information content (AvgIpc) is 2.69. The van der Waals surface area contributed by atoms with Crippen molar-refractivity contribution in [3.63, 3.8) is 0 Å². The van der Waals surface area contributed by atoms with Crippen molar-refractivity contribution in [3.8, 4) is 22.8 Å². The third kappa shape index (κ3) is 1.91. The van der Waals surface area contributed by atoms with E-state index in [-0.39, 0.29) is 0 Å². The highest BCUT2D eigenvalue weighted by Gasteiger charge is 2.29. The summed E-state index contributed by atoms with van der Waals surface area (Å²) in [5.74, 6) is 1.79. The molecule has 0 unspecified atom stereocenters. The van der Waals surface area contributed by atoms with Crippen LogP contribution < -0.4 is 9.30 Å². The monoisotopic (exact) mass is 349 g/mol. The van der Waals surface area contributed by atoms with Gasteiger partial charge in [0.15, 0.2) is 11.2 Å². The van der Waals surface area contributed by atoms with Crippen LogP contribution in [0.15, 0.2) is 67.0 Å². The van der Waals surface area contributed by atoms with E-state index in [1.54, 1.807) is 0 Å². The molecule has 1 aliphatic heterocycles. The van der Waals surface area contributed by atoms with Gasteiger partial charge in [0.1, 0.15) is 16.9 Å². The van der Waals surface area contributed by atoms with Crippen LogP contribution in [0.1, 0.15) is 5.56 Å². The molecular formula is C24H17N2O+. The number of nitrogens with zero attached hydrogens (tertiary/aromatic N) is 2. The zero-order valence-electron chi connectivity index (χ0n) is 15.2. The summed E-state index contributed by atoms with van der Waals surface area (Å²) in [5, 5.41) is 6.06. The molecule has 0 radical (unpaired) electrons. The summed E-state index contributed by atoms with van der Waals surface area (Å²) in [7, 11) is 2.05. The summed E-state index contributed by atoms with van der Waals surface area (Å²) < 4.78 is 8.46. The Morgan fingerprint density at radius 3 is 2.52 bits per heavy atom. The molecule has 4 aromatic carbocycles. The molecule has 1 aromatic heterocycles. The lowest BCUT2D eigenvalue weighted by Crippen LogP contribution is -2.32. The smallest absolute Gasteiger partial charge is 0.287 e. The van der Waals surface area contributed by atoms with Gasteiger partial charge in [-0.25, -0.2) is 4.57 Å². The summed E-state index contributed by atoms with van der Waals surface area (Å²) in [5.41, 5.74) is 4.53. The second kappa shape index (κ2) is 5.04. The number of rotatable bonds is 0. The molecule has 0 aliphatic carbocycles. The fraction of sp³-hybridized carbons (Fsp3) is 0.0833. The van der Waals surface area contributed by atoms with Gasteiger partial charge < -0.3 is 4.74 Å². The fourth-order valence-corrected chi connectivity index (χ4v) is 4.36. The van der Waals surface area contributed by atoms with Crippen LogP contribution in [0, 0.1) is 6.92 Å². The molecule has 27 heavy (non-hydrogen) atoms. The standard InChI is InChI=1S/C24H17N2O/c1-14-18-11-16-7-4-3-6-15(16)10-17(18)12-21-22(14)24-23-19(25-13-26(24)2)8-5-9-20(23)27-21/h3-13H,1-2H3/q+1. The third-order valence-electron chi connectivity index (χ3n) is 5.65. The van der Waals surface area contributed by atoms with E-state index in [0.717, 1.165) is 28.0 Å². The fourth-order valence-electron chi connectivity index (χ4n) is 4.36.